The first-order chi connectivity index (χ1) is 4.74. The van der Waals surface area contributed by atoms with Crippen LogP contribution in [-0.2, 0) is 0 Å². The molecule has 0 N–H and O–H groups in total. The van der Waals surface area contributed by atoms with Gasteiger partial charge in [0.05, 0.1) is 0 Å². The van der Waals surface area contributed by atoms with E-state index in [1.807, 2.05) is 25.1 Å². The summed E-state index contributed by atoms with van der Waals surface area (Å²) >= 11 is 1.55. The molecule has 0 fully saturated rings. The molecule has 0 aromatic heterocycles. The van der Waals surface area contributed by atoms with Crippen molar-refractivity contribution in [1.29, 1.82) is 5.26 Å². The molecule has 1 unspecified atom stereocenters. The Balaban J connectivity index is 3.25. The predicted octanol–water partition coefficient (Wildman–Crippen LogP) is 0.125. The van der Waals surface area contributed by atoms with Gasteiger partial charge in [-0.25, -0.2) is 0 Å². The molecule has 0 heterocycles. The van der Waals surface area contributed by atoms with Crippen LogP contribution in [0, 0.1) is 18.3 Å². The summed E-state index contributed by atoms with van der Waals surface area (Å²) in [6, 6.07) is 8.09. The van der Waals surface area contributed by atoms with E-state index in [0.29, 0.717) is 0 Å². The Labute approximate surface area is 69.2 Å². The van der Waals surface area contributed by atoms with Gasteiger partial charge in [-0.1, -0.05) is 0 Å². The van der Waals surface area contributed by atoms with Crippen molar-refractivity contribution in [3.63, 3.8) is 0 Å². The zero-order valence-corrected chi connectivity index (χ0v) is 8.18. The van der Waals surface area contributed by atoms with Crippen molar-refractivity contribution in [1.82, 2.24) is 0 Å². The SMILES string of the molecule is Cc1ccc([AsH2])cc1C#N. The van der Waals surface area contributed by atoms with Crippen molar-refractivity contribution in [2.24, 2.45) is 0 Å². The van der Waals surface area contributed by atoms with E-state index >= 15 is 0 Å². The van der Waals surface area contributed by atoms with Gasteiger partial charge in [-0.2, -0.15) is 0 Å². The van der Waals surface area contributed by atoms with E-state index in [0.717, 1.165) is 11.1 Å². The van der Waals surface area contributed by atoms with Crippen LogP contribution in [0.5, 0.6) is 0 Å². The molecular weight excluding hydrogens is 185 g/mol. The van der Waals surface area contributed by atoms with E-state index in [1.165, 1.54) is 4.35 Å². The van der Waals surface area contributed by atoms with E-state index in [2.05, 4.69) is 6.07 Å². The number of rotatable bonds is 0. The van der Waals surface area contributed by atoms with Crippen LogP contribution in [0.3, 0.4) is 0 Å². The maximum absolute atomic E-state index is 8.60. The van der Waals surface area contributed by atoms with Gasteiger partial charge in [-0.15, -0.1) is 0 Å². The first-order valence-electron chi connectivity index (χ1n) is 3.00. The van der Waals surface area contributed by atoms with Gasteiger partial charge < -0.3 is 0 Å². The van der Waals surface area contributed by atoms with Gasteiger partial charge in [-0.05, 0) is 0 Å². The topological polar surface area (TPSA) is 23.8 Å². The second-order valence-corrected chi connectivity index (χ2v) is 3.58. The van der Waals surface area contributed by atoms with Crippen LogP contribution in [0.15, 0.2) is 18.2 Å². The molecule has 2 heteroatoms. The summed E-state index contributed by atoms with van der Waals surface area (Å²) in [6.45, 7) is 1.95. The van der Waals surface area contributed by atoms with Gasteiger partial charge in [0.25, 0.3) is 0 Å². The van der Waals surface area contributed by atoms with Crippen molar-refractivity contribution < 1.29 is 0 Å². The normalized spacial score (nSPS) is 8.90. The minimum atomic E-state index is 0.793. The second kappa shape index (κ2) is 2.90. The minimum absolute atomic E-state index is 0.793. The van der Waals surface area contributed by atoms with Gasteiger partial charge in [0, 0.05) is 0 Å². The van der Waals surface area contributed by atoms with E-state index in [1.54, 1.807) is 16.9 Å². The average molecular weight is 193 g/mol. The monoisotopic (exact) mass is 193 g/mol. The predicted molar refractivity (Wildman–Crippen MR) is 44.1 cm³/mol. The fourth-order valence-corrected chi connectivity index (χ4v) is 1.31. The fourth-order valence-electron chi connectivity index (χ4n) is 0.760. The maximum atomic E-state index is 8.60. The molecule has 0 amide bonds. The fraction of sp³-hybridized carbons (Fsp3) is 0.125. The third-order valence-electron chi connectivity index (χ3n) is 1.38. The molecule has 0 radical (unpaired) electrons. The average Bonchev–Trinajstić information content (AvgIpc) is 1.94. The third kappa shape index (κ3) is 1.40. The van der Waals surface area contributed by atoms with E-state index in [-0.39, 0.29) is 0 Å². The molecule has 1 nitrogen and oxygen atoms in total. The van der Waals surface area contributed by atoms with E-state index in [9.17, 15) is 0 Å². The Hall–Kier alpha value is -0.732. The van der Waals surface area contributed by atoms with Crippen LogP contribution >= 0.6 is 0 Å². The Morgan fingerprint density at radius 3 is 2.70 bits per heavy atom. The molecule has 1 atom stereocenters. The Morgan fingerprint density at radius 1 is 1.50 bits per heavy atom. The first kappa shape index (κ1) is 7.38. The summed E-state index contributed by atoms with van der Waals surface area (Å²) in [5.41, 5.74) is 1.85. The standard InChI is InChI=1S/C8H8AsN/c1-6-2-3-8(9)4-7(6)5-10/h2-4H,9H2,1H3. The molecule has 0 saturated carbocycles. The number of benzene rings is 1. The zero-order chi connectivity index (χ0) is 7.56. The molecule has 1 aromatic rings. The molecule has 0 spiro atoms. The molecule has 50 valence electrons. The molecule has 0 bridgehead atoms. The molecule has 0 aliphatic carbocycles. The van der Waals surface area contributed by atoms with Crippen LogP contribution in [0.4, 0.5) is 0 Å². The Kier molecular flexibility index (Phi) is 2.14. The molecule has 0 saturated heterocycles. The van der Waals surface area contributed by atoms with Crippen LogP contribution in [0.1, 0.15) is 11.1 Å². The number of hydrogen-bond acceptors (Lipinski definition) is 1. The van der Waals surface area contributed by atoms with Crippen molar-refractivity contribution in [2.75, 3.05) is 0 Å². The second-order valence-electron chi connectivity index (χ2n) is 2.19. The summed E-state index contributed by atoms with van der Waals surface area (Å²) in [4.78, 5) is 0. The van der Waals surface area contributed by atoms with Crippen molar-refractivity contribution in [2.45, 2.75) is 6.92 Å². The van der Waals surface area contributed by atoms with Gasteiger partial charge in [-0.3, -0.25) is 0 Å². The number of nitriles is 1. The molecule has 1 rings (SSSR count). The van der Waals surface area contributed by atoms with Crippen molar-refractivity contribution >= 4 is 21.2 Å². The van der Waals surface area contributed by atoms with Crippen LogP contribution in [0.25, 0.3) is 0 Å². The van der Waals surface area contributed by atoms with Gasteiger partial charge >= 0.3 is 68.8 Å². The summed E-state index contributed by atoms with van der Waals surface area (Å²) in [6.07, 6.45) is 0. The molecule has 0 aliphatic heterocycles. The number of nitrogens with zero attached hydrogens (tertiary/aromatic N) is 1. The van der Waals surface area contributed by atoms with Crippen LogP contribution < -0.4 is 4.35 Å². The summed E-state index contributed by atoms with van der Waals surface area (Å²) in [5.74, 6) is 0. The molecule has 10 heavy (non-hydrogen) atoms. The Bertz CT molecular complexity index is 286. The molecular formula is C8H8AsN. The summed E-state index contributed by atoms with van der Waals surface area (Å²) in [5, 5.41) is 8.60. The zero-order valence-electron chi connectivity index (χ0n) is 5.76. The van der Waals surface area contributed by atoms with Crippen LogP contribution in [0.2, 0.25) is 0 Å². The van der Waals surface area contributed by atoms with Gasteiger partial charge in [0.1, 0.15) is 0 Å². The van der Waals surface area contributed by atoms with E-state index in [4.69, 9.17) is 5.26 Å². The number of aryl methyl sites for hydroxylation is 1. The van der Waals surface area contributed by atoms with Crippen molar-refractivity contribution in [3.8, 4) is 6.07 Å². The first-order valence-corrected chi connectivity index (χ1v) is 4.21. The Morgan fingerprint density at radius 2 is 2.20 bits per heavy atom. The number of hydrogen-bond donors (Lipinski definition) is 0. The summed E-state index contributed by atoms with van der Waals surface area (Å²) < 4.78 is 1.20. The van der Waals surface area contributed by atoms with Gasteiger partial charge in [0.15, 0.2) is 0 Å². The summed E-state index contributed by atoms with van der Waals surface area (Å²) in [7, 11) is 0. The van der Waals surface area contributed by atoms with Gasteiger partial charge in [0.2, 0.25) is 0 Å². The van der Waals surface area contributed by atoms with Crippen molar-refractivity contribution in [3.05, 3.63) is 29.3 Å². The quantitative estimate of drug-likeness (QED) is 0.537. The van der Waals surface area contributed by atoms with Crippen LogP contribution in [-0.4, -0.2) is 16.9 Å². The third-order valence-corrected chi connectivity index (χ3v) is 2.14. The molecule has 0 aliphatic rings. The molecule has 1 aromatic carbocycles. The van der Waals surface area contributed by atoms with E-state index < -0.39 is 0 Å².